The zero-order chi connectivity index (χ0) is 40.3. The molecule has 0 aliphatic rings. The molecule has 286 valence electrons. The molecule has 0 saturated carbocycles. The summed E-state index contributed by atoms with van der Waals surface area (Å²) in [5, 5.41) is 7.33. The fourth-order valence-electron chi connectivity index (χ4n) is 9.28. The van der Waals surface area contributed by atoms with E-state index in [2.05, 4.69) is 217 Å². The minimum absolute atomic E-state index is 0.897. The van der Waals surface area contributed by atoms with Crippen LogP contribution in [-0.2, 0) is 0 Å². The number of thiophene rings is 1. The topological polar surface area (TPSA) is 16.4 Å². The van der Waals surface area contributed by atoms with Crippen molar-refractivity contribution in [3.05, 3.63) is 224 Å². The number of nitrogens with zero attached hydrogens (tertiary/aromatic N) is 1. The van der Waals surface area contributed by atoms with Crippen molar-refractivity contribution < 1.29 is 4.42 Å². The van der Waals surface area contributed by atoms with Crippen LogP contribution >= 0.6 is 11.3 Å². The van der Waals surface area contributed by atoms with Gasteiger partial charge in [-0.3, -0.25) is 0 Å². The van der Waals surface area contributed by atoms with E-state index in [0.29, 0.717) is 0 Å². The van der Waals surface area contributed by atoms with Gasteiger partial charge in [0, 0.05) is 47.9 Å². The van der Waals surface area contributed by atoms with Crippen molar-refractivity contribution in [3.8, 4) is 44.5 Å². The maximum absolute atomic E-state index is 6.30. The van der Waals surface area contributed by atoms with Gasteiger partial charge in [-0.2, -0.15) is 0 Å². The quantitative estimate of drug-likeness (QED) is 0.160. The number of benzene rings is 10. The lowest BCUT2D eigenvalue weighted by Crippen LogP contribution is -2.11. The summed E-state index contributed by atoms with van der Waals surface area (Å²) in [5.41, 5.74) is 14.5. The number of anilines is 3. The third-order valence-electron chi connectivity index (χ3n) is 12.1. The van der Waals surface area contributed by atoms with Crippen LogP contribution in [-0.4, -0.2) is 0 Å². The summed E-state index contributed by atoms with van der Waals surface area (Å²) < 4.78 is 8.91. The number of fused-ring (bicyclic) bond motifs is 7. The van der Waals surface area contributed by atoms with Gasteiger partial charge in [0.1, 0.15) is 11.2 Å². The van der Waals surface area contributed by atoms with Gasteiger partial charge in [-0.05, 0) is 110 Å². The first-order chi connectivity index (χ1) is 30.2. The van der Waals surface area contributed by atoms with Gasteiger partial charge in [-0.25, -0.2) is 0 Å². The van der Waals surface area contributed by atoms with E-state index in [-0.39, 0.29) is 0 Å². The zero-order valence-electron chi connectivity index (χ0n) is 33.1. The van der Waals surface area contributed by atoms with Crippen LogP contribution in [0.3, 0.4) is 0 Å². The molecule has 2 heterocycles. The second-order valence-electron chi connectivity index (χ2n) is 15.6. The largest absolute Gasteiger partial charge is 0.456 e. The summed E-state index contributed by atoms with van der Waals surface area (Å²) in [6.45, 7) is 0. The van der Waals surface area contributed by atoms with E-state index in [1.54, 1.807) is 0 Å². The molecule has 0 atom stereocenters. The van der Waals surface area contributed by atoms with Gasteiger partial charge in [0.05, 0.1) is 5.69 Å². The predicted molar refractivity (Wildman–Crippen MR) is 261 cm³/mol. The molecule has 0 unspecified atom stereocenters. The van der Waals surface area contributed by atoms with Gasteiger partial charge in [-0.1, -0.05) is 164 Å². The summed E-state index contributed by atoms with van der Waals surface area (Å²) in [5.74, 6) is 0. The average molecular weight is 796 g/mol. The number of furan rings is 1. The average Bonchev–Trinajstić information content (AvgIpc) is 3.90. The van der Waals surface area contributed by atoms with Crippen molar-refractivity contribution in [2.45, 2.75) is 0 Å². The van der Waals surface area contributed by atoms with Gasteiger partial charge in [-0.15, -0.1) is 11.3 Å². The Bertz CT molecular complexity index is 3590. The molecule has 0 saturated heterocycles. The molecular weight excluding hydrogens is 759 g/mol. The van der Waals surface area contributed by atoms with E-state index < -0.39 is 0 Å². The molecule has 2 aromatic heterocycles. The molecule has 0 N–H and O–H groups in total. The van der Waals surface area contributed by atoms with E-state index in [0.717, 1.165) is 55.7 Å². The molecule has 10 aromatic carbocycles. The van der Waals surface area contributed by atoms with Crippen LogP contribution in [0.25, 0.3) is 97.4 Å². The van der Waals surface area contributed by atoms with Crippen LogP contribution in [0.1, 0.15) is 0 Å². The number of para-hydroxylation sites is 2. The molecule has 0 radical (unpaired) electrons. The van der Waals surface area contributed by atoms with Gasteiger partial charge >= 0.3 is 0 Å². The van der Waals surface area contributed by atoms with Gasteiger partial charge in [0.2, 0.25) is 0 Å². The highest BCUT2D eigenvalue weighted by atomic mass is 32.1. The maximum atomic E-state index is 6.30. The van der Waals surface area contributed by atoms with Crippen molar-refractivity contribution >= 4 is 81.3 Å². The SMILES string of the molecule is c1ccc(-c2cccc3cccc(-c4ccccc4N(c4ccc(-c5ccc6c(c5)oc5ccccc56)cc4)c4cccc(-c5cccc6sc7ccccc7c56)c4)c23)cc1. The molecule has 0 aliphatic carbocycles. The van der Waals surface area contributed by atoms with Crippen LogP contribution in [0, 0.1) is 0 Å². The molecular formula is C58H37NOS. The molecule has 0 fully saturated rings. The lowest BCUT2D eigenvalue weighted by Gasteiger charge is -2.29. The minimum Gasteiger partial charge on any atom is -0.456 e. The van der Waals surface area contributed by atoms with Crippen molar-refractivity contribution in [2.24, 2.45) is 0 Å². The lowest BCUT2D eigenvalue weighted by atomic mass is 9.90. The van der Waals surface area contributed by atoms with E-state index >= 15 is 0 Å². The summed E-state index contributed by atoms with van der Waals surface area (Å²) in [6.07, 6.45) is 0. The van der Waals surface area contributed by atoms with Crippen molar-refractivity contribution in [2.75, 3.05) is 4.90 Å². The first kappa shape index (κ1) is 35.2. The Balaban J connectivity index is 1.05. The second-order valence-corrected chi connectivity index (χ2v) is 16.7. The molecule has 3 heteroatoms. The summed E-state index contributed by atoms with van der Waals surface area (Å²) >= 11 is 1.86. The van der Waals surface area contributed by atoms with E-state index in [1.807, 2.05) is 23.5 Å². The predicted octanol–water partition coefficient (Wildman–Crippen LogP) is 17.2. The fourth-order valence-corrected chi connectivity index (χ4v) is 10.4. The molecule has 61 heavy (non-hydrogen) atoms. The van der Waals surface area contributed by atoms with E-state index in [9.17, 15) is 0 Å². The van der Waals surface area contributed by atoms with E-state index in [1.165, 1.54) is 58.8 Å². The lowest BCUT2D eigenvalue weighted by molar-refractivity contribution is 0.669. The van der Waals surface area contributed by atoms with Crippen LogP contribution in [0.2, 0.25) is 0 Å². The highest BCUT2D eigenvalue weighted by molar-refractivity contribution is 7.25. The first-order valence-electron chi connectivity index (χ1n) is 20.7. The van der Waals surface area contributed by atoms with Crippen LogP contribution < -0.4 is 4.90 Å². The summed E-state index contributed by atoms with van der Waals surface area (Å²) in [4.78, 5) is 2.43. The van der Waals surface area contributed by atoms with Gasteiger partial charge in [0.15, 0.2) is 0 Å². The Morgan fingerprint density at radius 1 is 0.328 bits per heavy atom. The van der Waals surface area contributed by atoms with Crippen LogP contribution in [0.15, 0.2) is 229 Å². The fraction of sp³-hybridized carbons (Fsp3) is 0. The minimum atomic E-state index is 0.897. The smallest absolute Gasteiger partial charge is 0.136 e. The molecule has 0 bridgehead atoms. The van der Waals surface area contributed by atoms with Crippen molar-refractivity contribution in [1.29, 1.82) is 0 Å². The summed E-state index contributed by atoms with van der Waals surface area (Å²) in [7, 11) is 0. The van der Waals surface area contributed by atoms with Crippen LogP contribution in [0.4, 0.5) is 17.1 Å². The van der Waals surface area contributed by atoms with Gasteiger partial charge < -0.3 is 9.32 Å². The Kier molecular flexibility index (Phi) is 8.39. The Hall–Kier alpha value is -7.72. The third-order valence-corrected chi connectivity index (χ3v) is 13.2. The summed E-state index contributed by atoms with van der Waals surface area (Å²) in [6, 6.07) is 81.3. The molecule has 0 aliphatic heterocycles. The second kappa shape index (κ2) is 14.5. The van der Waals surface area contributed by atoms with Crippen LogP contribution in [0.5, 0.6) is 0 Å². The first-order valence-corrected chi connectivity index (χ1v) is 21.6. The molecule has 0 amide bonds. The highest BCUT2D eigenvalue weighted by Crippen LogP contribution is 2.47. The third kappa shape index (κ3) is 6.01. The zero-order valence-corrected chi connectivity index (χ0v) is 33.9. The number of hydrogen-bond donors (Lipinski definition) is 0. The molecule has 0 spiro atoms. The number of rotatable bonds is 7. The monoisotopic (exact) mass is 795 g/mol. The molecule has 12 rings (SSSR count). The highest BCUT2D eigenvalue weighted by Gasteiger charge is 2.21. The number of hydrogen-bond acceptors (Lipinski definition) is 3. The Labute approximate surface area is 357 Å². The standard InChI is InChI=1S/C58H37NOS/c1-2-14-39(15-3-1)45-23-11-16-40-17-12-25-50(57(40)45)47-20-4-7-26-52(47)59(43-33-30-38(31-34-43)41-32-35-49-48-21-5-8-27-53(48)60-54(49)37-41)44-19-10-18-42(36-44)46-24-13-29-56-58(46)51-22-6-9-28-55(51)61-56/h1-37H. The normalized spacial score (nSPS) is 11.6. The van der Waals surface area contributed by atoms with Gasteiger partial charge in [0.25, 0.3) is 0 Å². The van der Waals surface area contributed by atoms with Crippen molar-refractivity contribution in [1.82, 2.24) is 0 Å². The van der Waals surface area contributed by atoms with Crippen molar-refractivity contribution in [3.63, 3.8) is 0 Å². The Morgan fingerprint density at radius 3 is 1.82 bits per heavy atom. The Morgan fingerprint density at radius 2 is 0.951 bits per heavy atom. The molecule has 12 aromatic rings. The maximum Gasteiger partial charge on any atom is 0.136 e. The molecule has 2 nitrogen and oxygen atoms in total. The van der Waals surface area contributed by atoms with E-state index in [4.69, 9.17) is 4.42 Å².